The van der Waals surface area contributed by atoms with Crippen molar-refractivity contribution < 1.29 is 0 Å². The fourth-order valence-electron chi connectivity index (χ4n) is 1.61. The highest BCUT2D eigenvalue weighted by molar-refractivity contribution is 5.68. The Bertz CT molecular complexity index is 465. The molecule has 0 bridgehead atoms. The van der Waals surface area contributed by atoms with Crippen LogP contribution in [0.1, 0.15) is 22.5 Å². The lowest BCUT2D eigenvalue weighted by atomic mass is 10.1. The van der Waals surface area contributed by atoms with Crippen molar-refractivity contribution in [1.29, 1.82) is 0 Å². The van der Waals surface area contributed by atoms with E-state index in [4.69, 9.17) is 0 Å². The van der Waals surface area contributed by atoms with Gasteiger partial charge in [0.05, 0.1) is 5.69 Å². The van der Waals surface area contributed by atoms with E-state index in [9.17, 15) is 0 Å². The Balaban J connectivity index is 2.21. The van der Waals surface area contributed by atoms with Gasteiger partial charge >= 0.3 is 0 Å². The molecular formula is C15H15N. The first-order valence-corrected chi connectivity index (χ1v) is 5.42. The summed E-state index contributed by atoms with van der Waals surface area (Å²) in [6.07, 6.45) is 4.14. The maximum Gasteiger partial charge on any atom is 0.0633 e. The first-order chi connectivity index (χ1) is 7.74. The number of nitrogens with zero attached hydrogens (tertiary/aromatic N) is 1. The Morgan fingerprint density at radius 2 is 1.75 bits per heavy atom. The lowest BCUT2D eigenvalue weighted by molar-refractivity contribution is 1.18. The van der Waals surface area contributed by atoms with E-state index in [0.717, 1.165) is 11.4 Å². The van der Waals surface area contributed by atoms with Crippen molar-refractivity contribution in [2.75, 3.05) is 0 Å². The second-order valence-corrected chi connectivity index (χ2v) is 3.95. The van der Waals surface area contributed by atoms with Gasteiger partial charge in [0.15, 0.2) is 0 Å². The van der Waals surface area contributed by atoms with E-state index in [1.54, 1.807) is 0 Å². The summed E-state index contributed by atoms with van der Waals surface area (Å²) in [5.74, 6) is 0. The van der Waals surface area contributed by atoms with Gasteiger partial charge in [-0.05, 0) is 37.6 Å². The zero-order valence-electron chi connectivity index (χ0n) is 9.64. The predicted molar refractivity (Wildman–Crippen MR) is 69.1 cm³/mol. The quantitative estimate of drug-likeness (QED) is 0.731. The van der Waals surface area contributed by atoms with Crippen LogP contribution in [-0.4, -0.2) is 4.98 Å². The third kappa shape index (κ3) is 2.80. The molecule has 1 heterocycles. The van der Waals surface area contributed by atoms with Crippen molar-refractivity contribution in [3.05, 3.63) is 65.0 Å². The molecule has 0 radical (unpaired) electrons. The molecule has 1 nitrogen and oxygen atoms in total. The summed E-state index contributed by atoms with van der Waals surface area (Å²) in [4.78, 5) is 4.42. The highest BCUT2D eigenvalue weighted by Gasteiger charge is 1.90. The van der Waals surface area contributed by atoms with Gasteiger partial charge in [-0.2, -0.15) is 0 Å². The largest absolute Gasteiger partial charge is 0.254 e. The monoisotopic (exact) mass is 209 g/mol. The Morgan fingerprint density at radius 3 is 2.50 bits per heavy atom. The van der Waals surface area contributed by atoms with Crippen LogP contribution in [0.2, 0.25) is 0 Å². The molecule has 0 amide bonds. The van der Waals surface area contributed by atoms with Gasteiger partial charge in [0.2, 0.25) is 0 Å². The molecule has 2 rings (SSSR count). The average Bonchev–Trinajstić information content (AvgIpc) is 2.27. The summed E-state index contributed by atoms with van der Waals surface area (Å²) in [5, 5.41) is 0. The summed E-state index contributed by atoms with van der Waals surface area (Å²) in [6, 6.07) is 14.5. The van der Waals surface area contributed by atoms with E-state index in [0.29, 0.717) is 0 Å². The van der Waals surface area contributed by atoms with Crippen LogP contribution >= 0.6 is 0 Å². The van der Waals surface area contributed by atoms with Crippen LogP contribution in [0.5, 0.6) is 0 Å². The van der Waals surface area contributed by atoms with Gasteiger partial charge in [-0.3, -0.25) is 4.98 Å². The maximum absolute atomic E-state index is 4.42. The fraction of sp³-hybridized carbons (Fsp3) is 0.133. The molecule has 2 aromatic rings. The third-order valence-corrected chi connectivity index (χ3v) is 2.40. The van der Waals surface area contributed by atoms with Gasteiger partial charge in [0, 0.05) is 5.69 Å². The second kappa shape index (κ2) is 4.75. The molecule has 0 aliphatic carbocycles. The highest BCUT2D eigenvalue weighted by atomic mass is 14.7. The summed E-state index contributed by atoms with van der Waals surface area (Å²) in [6.45, 7) is 4.10. The van der Waals surface area contributed by atoms with Crippen LogP contribution in [0, 0.1) is 13.8 Å². The number of aryl methyl sites for hydroxylation is 2. The Hall–Kier alpha value is -1.89. The number of aromatic nitrogens is 1. The van der Waals surface area contributed by atoms with Crippen molar-refractivity contribution in [3.8, 4) is 0 Å². The van der Waals surface area contributed by atoms with Gasteiger partial charge in [-0.1, -0.05) is 42.0 Å². The Morgan fingerprint density at radius 1 is 0.938 bits per heavy atom. The van der Waals surface area contributed by atoms with Crippen molar-refractivity contribution in [2.24, 2.45) is 0 Å². The van der Waals surface area contributed by atoms with Crippen molar-refractivity contribution >= 4 is 12.2 Å². The molecule has 0 aliphatic rings. The molecule has 0 unspecified atom stereocenters. The van der Waals surface area contributed by atoms with E-state index in [1.807, 2.05) is 31.2 Å². The SMILES string of the molecule is Cc1cccc(/C=C/c2cccc(C)n2)c1. The van der Waals surface area contributed by atoms with Crippen LogP contribution in [0.25, 0.3) is 12.2 Å². The van der Waals surface area contributed by atoms with E-state index in [-0.39, 0.29) is 0 Å². The summed E-state index contributed by atoms with van der Waals surface area (Å²) >= 11 is 0. The molecular weight excluding hydrogens is 194 g/mol. The Kier molecular flexibility index (Phi) is 3.16. The molecule has 0 saturated heterocycles. The van der Waals surface area contributed by atoms with Gasteiger partial charge < -0.3 is 0 Å². The fourth-order valence-corrected chi connectivity index (χ4v) is 1.61. The van der Waals surface area contributed by atoms with Crippen LogP contribution in [0.15, 0.2) is 42.5 Å². The lowest BCUT2D eigenvalue weighted by Gasteiger charge is -1.97. The first kappa shape index (κ1) is 10.6. The minimum atomic E-state index is 1.00. The van der Waals surface area contributed by atoms with Gasteiger partial charge in [0.1, 0.15) is 0 Å². The van der Waals surface area contributed by atoms with Crippen molar-refractivity contribution in [2.45, 2.75) is 13.8 Å². The number of pyridine rings is 1. The molecule has 0 N–H and O–H groups in total. The topological polar surface area (TPSA) is 12.9 Å². The second-order valence-electron chi connectivity index (χ2n) is 3.95. The summed E-state index contributed by atoms with van der Waals surface area (Å²) in [7, 11) is 0. The first-order valence-electron chi connectivity index (χ1n) is 5.42. The number of hydrogen-bond donors (Lipinski definition) is 0. The minimum Gasteiger partial charge on any atom is -0.254 e. The average molecular weight is 209 g/mol. The standard InChI is InChI=1S/C15H15N/c1-12-5-3-7-14(11-12)9-10-15-8-4-6-13(2)16-15/h3-11H,1-2H3/b10-9+. The van der Waals surface area contributed by atoms with Gasteiger partial charge in [-0.15, -0.1) is 0 Å². The van der Waals surface area contributed by atoms with Crippen LogP contribution in [0.3, 0.4) is 0 Å². The number of hydrogen-bond acceptors (Lipinski definition) is 1. The molecule has 0 aliphatic heterocycles. The van der Waals surface area contributed by atoms with Crippen LogP contribution in [0.4, 0.5) is 0 Å². The normalized spacial score (nSPS) is 10.9. The van der Waals surface area contributed by atoms with E-state index < -0.39 is 0 Å². The molecule has 1 heteroatoms. The minimum absolute atomic E-state index is 1.00. The molecule has 1 aromatic heterocycles. The zero-order chi connectivity index (χ0) is 11.4. The zero-order valence-corrected chi connectivity index (χ0v) is 9.64. The van der Waals surface area contributed by atoms with Gasteiger partial charge in [0.25, 0.3) is 0 Å². The lowest BCUT2D eigenvalue weighted by Crippen LogP contribution is -1.83. The van der Waals surface area contributed by atoms with Crippen LogP contribution in [-0.2, 0) is 0 Å². The molecule has 0 saturated carbocycles. The molecule has 16 heavy (non-hydrogen) atoms. The molecule has 0 atom stereocenters. The number of benzene rings is 1. The Labute approximate surface area is 96.5 Å². The van der Waals surface area contributed by atoms with E-state index >= 15 is 0 Å². The summed E-state index contributed by atoms with van der Waals surface area (Å²) in [5.41, 5.74) is 4.54. The van der Waals surface area contributed by atoms with E-state index in [2.05, 4.69) is 42.2 Å². The summed E-state index contributed by atoms with van der Waals surface area (Å²) < 4.78 is 0. The smallest absolute Gasteiger partial charge is 0.0633 e. The third-order valence-electron chi connectivity index (χ3n) is 2.40. The maximum atomic E-state index is 4.42. The van der Waals surface area contributed by atoms with E-state index in [1.165, 1.54) is 11.1 Å². The van der Waals surface area contributed by atoms with Crippen molar-refractivity contribution in [3.63, 3.8) is 0 Å². The molecule has 0 spiro atoms. The molecule has 0 fully saturated rings. The van der Waals surface area contributed by atoms with Gasteiger partial charge in [-0.25, -0.2) is 0 Å². The molecule has 80 valence electrons. The number of rotatable bonds is 2. The van der Waals surface area contributed by atoms with Crippen molar-refractivity contribution in [1.82, 2.24) is 4.98 Å². The predicted octanol–water partition coefficient (Wildman–Crippen LogP) is 3.87. The highest BCUT2D eigenvalue weighted by Crippen LogP contribution is 2.08. The van der Waals surface area contributed by atoms with Crippen LogP contribution < -0.4 is 0 Å². The molecule has 1 aromatic carbocycles.